The molecule has 0 amide bonds. The normalized spacial score (nSPS) is 12.1. The first-order valence-electron chi connectivity index (χ1n) is 18.2. The van der Waals surface area contributed by atoms with Crippen LogP contribution in [0.3, 0.4) is 0 Å². The average Bonchev–Trinajstić information content (AvgIpc) is 3.97. The molecule has 12 aromatic rings. The van der Waals surface area contributed by atoms with Crippen molar-refractivity contribution < 1.29 is 4.42 Å². The first-order valence-corrected chi connectivity index (χ1v) is 18.2. The second kappa shape index (κ2) is 10.7. The molecule has 12 rings (SSSR count). The van der Waals surface area contributed by atoms with Crippen LogP contribution in [0.5, 0.6) is 0 Å². The molecule has 0 aliphatic rings. The van der Waals surface area contributed by atoms with Gasteiger partial charge >= 0.3 is 0 Å². The minimum Gasteiger partial charge on any atom is -0.455 e. The van der Waals surface area contributed by atoms with Crippen LogP contribution in [0.1, 0.15) is 0 Å². The Bertz CT molecular complexity index is 3420. The number of nitrogens with zero attached hydrogens (tertiary/aromatic N) is 4. The van der Waals surface area contributed by atoms with Crippen molar-refractivity contribution in [3.05, 3.63) is 181 Å². The van der Waals surface area contributed by atoms with Gasteiger partial charge in [-0.3, -0.25) is 0 Å². The lowest BCUT2D eigenvalue weighted by atomic mass is 10.0. The zero-order chi connectivity index (χ0) is 35.5. The second-order valence-electron chi connectivity index (χ2n) is 13.9. The maximum atomic E-state index is 9.27. The summed E-state index contributed by atoms with van der Waals surface area (Å²) >= 11 is 0. The predicted octanol–water partition coefficient (Wildman–Crippen LogP) is 13.4. The quantitative estimate of drug-likeness (QED) is 0.170. The van der Waals surface area contributed by atoms with Gasteiger partial charge in [0.25, 0.3) is 0 Å². The Kier molecular flexibility index (Phi) is 5.78. The number of aromatic nitrogens is 3. The first-order chi connectivity index (χ1) is 26.8. The van der Waals surface area contributed by atoms with E-state index in [1.807, 2.05) is 12.1 Å². The molecule has 54 heavy (non-hydrogen) atoms. The Morgan fingerprint density at radius 2 is 0.667 bits per heavy atom. The van der Waals surface area contributed by atoms with E-state index in [-0.39, 0.29) is 0 Å². The van der Waals surface area contributed by atoms with Crippen molar-refractivity contribution in [1.29, 1.82) is 0 Å². The summed E-state index contributed by atoms with van der Waals surface area (Å²) in [5, 5.41) is 8.76. The van der Waals surface area contributed by atoms with Gasteiger partial charge in [0, 0.05) is 37.7 Å². The van der Waals surface area contributed by atoms with E-state index in [2.05, 4.69) is 176 Å². The topological polar surface area (TPSA) is 32.3 Å². The summed E-state index contributed by atoms with van der Waals surface area (Å²) < 4.78 is 14.0. The Hall–Kier alpha value is -7.55. The molecule has 8 aromatic carbocycles. The predicted molar refractivity (Wildman–Crippen MR) is 223 cm³/mol. The van der Waals surface area contributed by atoms with E-state index in [0.29, 0.717) is 11.3 Å². The Balaban J connectivity index is 1.43. The monoisotopic (exact) mass is 688 g/mol. The molecule has 5 nitrogen and oxygen atoms in total. The lowest BCUT2D eigenvalue weighted by Crippen LogP contribution is -2.07. The summed E-state index contributed by atoms with van der Waals surface area (Å²) in [6.07, 6.45) is 0. The van der Waals surface area contributed by atoms with Crippen molar-refractivity contribution in [2.75, 3.05) is 0 Å². The molecule has 5 heteroatoms. The van der Waals surface area contributed by atoms with Crippen molar-refractivity contribution in [2.24, 2.45) is 0 Å². The number of rotatable bonds is 3. The largest absolute Gasteiger partial charge is 0.455 e. The van der Waals surface area contributed by atoms with Crippen LogP contribution >= 0.6 is 0 Å². The van der Waals surface area contributed by atoms with Crippen molar-refractivity contribution in [1.82, 2.24) is 13.7 Å². The van der Waals surface area contributed by atoms with Gasteiger partial charge in [-0.2, -0.15) is 0 Å². The van der Waals surface area contributed by atoms with Crippen LogP contribution in [0, 0.1) is 6.57 Å². The van der Waals surface area contributed by atoms with E-state index in [1.54, 1.807) is 0 Å². The van der Waals surface area contributed by atoms with E-state index in [4.69, 9.17) is 4.42 Å². The molecule has 0 fully saturated rings. The van der Waals surface area contributed by atoms with Crippen LogP contribution in [-0.4, -0.2) is 13.7 Å². The van der Waals surface area contributed by atoms with Crippen molar-refractivity contribution in [3.63, 3.8) is 0 Å². The molecule has 0 atom stereocenters. The third kappa shape index (κ3) is 3.66. The highest BCUT2D eigenvalue weighted by Crippen LogP contribution is 2.52. The molecule has 0 N–H and O–H groups in total. The number of benzene rings is 8. The maximum Gasteiger partial charge on any atom is 0.239 e. The summed E-state index contributed by atoms with van der Waals surface area (Å²) in [5.74, 6) is 0. The minimum absolute atomic E-state index is 0.511. The van der Waals surface area contributed by atoms with E-state index >= 15 is 0 Å². The Morgan fingerprint density at radius 3 is 1.06 bits per heavy atom. The summed E-state index contributed by atoms with van der Waals surface area (Å²) in [6.45, 7) is 9.27. The fourth-order valence-electron chi connectivity index (χ4n) is 9.13. The molecule has 250 valence electrons. The molecule has 0 aliphatic heterocycles. The fraction of sp³-hybridized carbons (Fsp3) is 0. The van der Waals surface area contributed by atoms with Gasteiger partial charge in [0.1, 0.15) is 5.58 Å². The van der Waals surface area contributed by atoms with E-state index in [0.717, 1.165) is 98.8 Å². The molecular formula is C49H28N4O. The van der Waals surface area contributed by atoms with E-state index in [9.17, 15) is 6.57 Å². The van der Waals surface area contributed by atoms with Gasteiger partial charge in [0.15, 0.2) is 5.58 Å². The molecule has 0 bridgehead atoms. The van der Waals surface area contributed by atoms with E-state index in [1.165, 1.54) is 0 Å². The number of hydrogen-bond acceptors (Lipinski definition) is 1. The van der Waals surface area contributed by atoms with Crippen LogP contribution in [0.15, 0.2) is 174 Å². The molecule has 0 radical (unpaired) electrons. The molecule has 0 spiro atoms. The van der Waals surface area contributed by atoms with Gasteiger partial charge in [-0.05, 0) is 42.5 Å². The second-order valence-corrected chi connectivity index (χ2v) is 13.9. The highest BCUT2D eigenvalue weighted by Gasteiger charge is 2.32. The number of fused-ring (bicyclic) bond motifs is 12. The molecule has 4 heterocycles. The van der Waals surface area contributed by atoms with Crippen LogP contribution in [0.25, 0.3) is 109 Å². The Labute approximate surface area is 308 Å². The molecule has 0 unspecified atom stereocenters. The Morgan fingerprint density at radius 1 is 0.352 bits per heavy atom. The average molecular weight is 689 g/mol. The molecule has 4 aromatic heterocycles. The highest BCUT2D eigenvalue weighted by atomic mass is 16.3. The van der Waals surface area contributed by atoms with Crippen LogP contribution in [0.2, 0.25) is 0 Å². The lowest BCUT2D eigenvalue weighted by Gasteiger charge is -2.23. The van der Waals surface area contributed by atoms with Gasteiger partial charge in [0.2, 0.25) is 5.69 Å². The first kappa shape index (κ1) is 29.1. The molecule has 0 saturated carbocycles. The standard InChI is InChI=1S/C49H28N4O/c1-50-45-47(52-39-25-11-4-18-32(39)33-19-5-12-26-40(33)52)46(51-37-23-9-2-16-30(37)31-17-3-10-24-38(31)51)44-36-22-8-15-29-43(36)54-49(44)48(45)53-41-27-13-6-20-34(41)35-21-7-14-28-42(35)53/h2-29H. The van der Waals surface area contributed by atoms with Gasteiger partial charge in [-0.1, -0.05) is 127 Å². The summed E-state index contributed by atoms with van der Waals surface area (Å²) in [7, 11) is 0. The summed E-state index contributed by atoms with van der Waals surface area (Å²) in [6, 6.07) is 59.5. The highest BCUT2D eigenvalue weighted by molar-refractivity contribution is 6.22. The third-order valence-electron chi connectivity index (χ3n) is 11.2. The zero-order valence-corrected chi connectivity index (χ0v) is 28.9. The number of hydrogen-bond donors (Lipinski definition) is 0. The van der Waals surface area contributed by atoms with Crippen molar-refractivity contribution in [3.8, 4) is 17.1 Å². The van der Waals surface area contributed by atoms with Crippen LogP contribution < -0.4 is 0 Å². The van der Waals surface area contributed by atoms with Crippen LogP contribution in [0.4, 0.5) is 5.69 Å². The van der Waals surface area contributed by atoms with E-state index < -0.39 is 0 Å². The fourth-order valence-corrected chi connectivity index (χ4v) is 9.13. The molecular weight excluding hydrogens is 661 g/mol. The van der Waals surface area contributed by atoms with Gasteiger partial charge in [0.05, 0.1) is 62.1 Å². The van der Waals surface area contributed by atoms with Crippen molar-refractivity contribution >= 4 is 93.0 Å². The summed E-state index contributed by atoms with van der Waals surface area (Å²) in [4.78, 5) is 4.60. The maximum absolute atomic E-state index is 9.27. The van der Waals surface area contributed by atoms with Gasteiger partial charge in [-0.15, -0.1) is 0 Å². The van der Waals surface area contributed by atoms with Crippen LogP contribution in [-0.2, 0) is 0 Å². The smallest absolute Gasteiger partial charge is 0.239 e. The third-order valence-corrected chi connectivity index (χ3v) is 11.2. The molecule has 0 saturated heterocycles. The SMILES string of the molecule is [C-]#[N+]c1c(-n2c3ccccc3c3ccccc32)c(-n2c3ccccc3c3ccccc32)c2c(oc3ccccc32)c1-n1c2ccccc2c2ccccc21. The zero-order valence-electron chi connectivity index (χ0n) is 28.9. The lowest BCUT2D eigenvalue weighted by molar-refractivity contribution is 0.666. The minimum atomic E-state index is 0.511. The van der Waals surface area contributed by atoms with Crippen molar-refractivity contribution in [2.45, 2.75) is 0 Å². The summed E-state index contributed by atoms with van der Waals surface area (Å²) in [5.41, 5.74) is 10.6. The number of furan rings is 1. The number of para-hydroxylation sites is 7. The van der Waals surface area contributed by atoms with Gasteiger partial charge < -0.3 is 18.1 Å². The molecule has 0 aliphatic carbocycles. The van der Waals surface area contributed by atoms with Gasteiger partial charge in [-0.25, -0.2) is 4.85 Å².